The minimum absolute atomic E-state index is 0.208. The van der Waals surface area contributed by atoms with E-state index in [0.29, 0.717) is 19.5 Å². The van der Waals surface area contributed by atoms with Crippen LogP contribution in [0.2, 0.25) is 0 Å². The van der Waals surface area contributed by atoms with Crippen LogP contribution in [0.3, 0.4) is 0 Å². The zero-order valence-electron chi connectivity index (χ0n) is 12.8. The molecule has 0 aliphatic carbocycles. The predicted octanol–water partition coefficient (Wildman–Crippen LogP) is 2.31. The molecule has 1 fully saturated rings. The SMILES string of the molecule is CC(C)(C)OC(=O)N1CCC(NCc2ccccc2)C1=O. The van der Waals surface area contributed by atoms with E-state index in [2.05, 4.69) is 5.32 Å². The Morgan fingerprint density at radius 1 is 1.33 bits per heavy atom. The summed E-state index contributed by atoms with van der Waals surface area (Å²) in [5.41, 5.74) is 0.522. The molecule has 114 valence electrons. The molecule has 1 N–H and O–H groups in total. The minimum Gasteiger partial charge on any atom is -0.443 e. The third-order valence-corrected chi connectivity index (χ3v) is 3.21. The van der Waals surface area contributed by atoms with E-state index in [1.807, 2.05) is 30.3 Å². The molecule has 1 aromatic carbocycles. The van der Waals surface area contributed by atoms with E-state index in [9.17, 15) is 9.59 Å². The summed E-state index contributed by atoms with van der Waals surface area (Å²) >= 11 is 0. The number of hydrogen-bond acceptors (Lipinski definition) is 4. The van der Waals surface area contributed by atoms with Gasteiger partial charge < -0.3 is 10.1 Å². The number of nitrogens with one attached hydrogen (secondary N) is 1. The lowest BCUT2D eigenvalue weighted by Gasteiger charge is -2.23. The Hall–Kier alpha value is -1.88. The summed E-state index contributed by atoms with van der Waals surface area (Å²) in [6, 6.07) is 9.55. The molecule has 0 bridgehead atoms. The van der Waals surface area contributed by atoms with Crippen LogP contribution in [0.15, 0.2) is 30.3 Å². The number of amides is 2. The quantitative estimate of drug-likeness (QED) is 0.928. The topological polar surface area (TPSA) is 58.6 Å². The van der Waals surface area contributed by atoms with Crippen molar-refractivity contribution in [2.75, 3.05) is 6.54 Å². The maximum absolute atomic E-state index is 12.2. The number of ether oxygens (including phenoxy) is 1. The Kier molecular flexibility index (Phi) is 4.63. The second kappa shape index (κ2) is 6.26. The summed E-state index contributed by atoms with van der Waals surface area (Å²) in [5, 5.41) is 3.20. The fraction of sp³-hybridized carbons (Fsp3) is 0.500. The number of imide groups is 1. The molecule has 5 heteroatoms. The highest BCUT2D eigenvalue weighted by Gasteiger charge is 2.37. The standard InChI is InChI=1S/C16H22N2O3/c1-16(2,3)21-15(20)18-10-9-13(14(18)19)17-11-12-7-5-4-6-8-12/h4-8,13,17H,9-11H2,1-3H3. The number of benzene rings is 1. The van der Waals surface area contributed by atoms with E-state index in [1.165, 1.54) is 4.90 Å². The number of hydrogen-bond donors (Lipinski definition) is 1. The molecule has 0 saturated carbocycles. The van der Waals surface area contributed by atoms with Gasteiger partial charge in [0.2, 0.25) is 5.91 Å². The lowest BCUT2D eigenvalue weighted by molar-refractivity contribution is -0.128. The van der Waals surface area contributed by atoms with E-state index in [0.717, 1.165) is 5.56 Å². The second-order valence-electron chi connectivity index (χ2n) is 6.18. The van der Waals surface area contributed by atoms with Crippen LogP contribution in [0.25, 0.3) is 0 Å². The Morgan fingerprint density at radius 2 is 2.00 bits per heavy atom. The Morgan fingerprint density at radius 3 is 2.62 bits per heavy atom. The molecule has 2 rings (SSSR count). The summed E-state index contributed by atoms with van der Waals surface area (Å²) in [6.45, 7) is 6.38. The summed E-state index contributed by atoms with van der Waals surface area (Å²) in [7, 11) is 0. The number of carbonyl (C=O) groups is 2. The molecule has 0 aromatic heterocycles. The van der Waals surface area contributed by atoms with Gasteiger partial charge in [-0.25, -0.2) is 9.69 Å². The Labute approximate surface area is 125 Å². The third-order valence-electron chi connectivity index (χ3n) is 3.21. The van der Waals surface area contributed by atoms with Gasteiger partial charge in [-0.1, -0.05) is 30.3 Å². The van der Waals surface area contributed by atoms with Crippen molar-refractivity contribution < 1.29 is 14.3 Å². The molecule has 1 aromatic rings. The fourth-order valence-corrected chi connectivity index (χ4v) is 2.20. The van der Waals surface area contributed by atoms with E-state index in [1.54, 1.807) is 20.8 Å². The molecule has 1 aliphatic heterocycles. The van der Waals surface area contributed by atoms with Crippen molar-refractivity contribution in [3.8, 4) is 0 Å². The molecule has 1 saturated heterocycles. The van der Waals surface area contributed by atoms with Gasteiger partial charge in [-0.2, -0.15) is 0 Å². The molecule has 5 nitrogen and oxygen atoms in total. The summed E-state index contributed by atoms with van der Waals surface area (Å²) < 4.78 is 5.24. The van der Waals surface area contributed by atoms with E-state index in [4.69, 9.17) is 4.74 Å². The molecule has 1 unspecified atom stereocenters. The summed E-state index contributed by atoms with van der Waals surface area (Å²) in [6.07, 6.45) is 0.0572. The first-order chi connectivity index (χ1) is 9.87. The maximum Gasteiger partial charge on any atom is 0.417 e. The van der Waals surface area contributed by atoms with Crippen LogP contribution in [0.4, 0.5) is 4.79 Å². The molecule has 1 atom stereocenters. The van der Waals surface area contributed by atoms with Crippen molar-refractivity contribution in [2.45, 2.75) is 45.4 Å². The van der Waals surface area contributed by atoms with Gasteiger partial charge in [-0.05, 0) is 32.8 Å². The van der Waals surface area contributed by atoms with Crippen molar-refractivity contribution in [3.05, 3.63) is 35.9 Å². The molecule has 1 heterocycles. The average Bonchev–Trinajstić information content (AvgIpc) is 2.77. The molecule has 0 radical (unpaired) electrons. The minimum atomic E-state index is -0.590. The van der Waals surface area contributed by atoms with Gasteiger partial charge in [-0.3, -0.25) is 4.79 Å². The molecule has 1 aliphatic rings. The third kappa shape index (κ3) is 4.29. The van der Waals surface area contributed by atoms with Gasteiger partial charge in [0.25, 0.3) is 0 Å². The van der Waals surface area contributed by atoms with Gasteiger partial charge in [0.15, 0.2) is 0 Å². The van der Waals surface area contributed by atoms with E-state index in [-0.39, 0.29) is 11.9 Å². The highest BCUT2D eigenvalue weighted by Crippen LogP contribution is 2.17. The predicted molar refractivity (Wildman–Crippen MR) is 79.6 cm³/mol. The molecular formula is C16H22N2O3. The van der Waals surface area contributed by atoms with Gasteiger partial charge in [0.05, 0.1) is 6.04 Å². The first kappa shape index (κ1) is 15.5. The summed E-state index contributed by atoms with van der Waals surface area (Å²) in [5.74, 6) is -0.208. The van der Waals surface area contributed by atoms with E-state index >= 15 is 0 Å². The van der Waals surface area contributed by atoms with E-state index < -0.39 is 11.7 Å². The highest BCUT2D eigenvalue weighted by atomic mass is 16.6. The largest absolute Gasteiger partial charge is 0.443 e. The van der Waals surface area contributed by atoms with Crippen molar-refractivity contribution in [1.82, 2.24) is 10.2 Å². The van der Waals surface area contributed by atoms with Crippen LogP contribution < -0.4 is 5.32 Å². The Balaban J connectivity index is 1.88. The van der Waals surface area contributed by atoms with Crippen LogP contribution in [-0.2, 0) is 16.1 Å². The first-order valence-corrected chi connectivity index (χ1v) is 7.18. The molecular weight excluding hydrogens is 268 g/mol. The van der Waals surface area contributed by atoms with Gasteiger partial charge in [-0.15, -0.1) is 0 Å². The van der Waals surface area contributed by atoms with Crippen LogP contribution >= 0.6 is 0 Å². The zero-order chi connectivity index (χ0) is 15.5. The highest BCUT2D eigenvalue weighted by molar-refractivity contribution is 5.96. The van der Waals surface area contributed by atoms with Gasteiger partial charge in [0.1, 0.15) is 5.60 Å². The van der Waals surface area contributed by atoms with Crippen LogP contribution in [0.1, 0.15) is 32.8 Å². The number of likely N-dealkylation sites (tertiary alicyclic amines) is 1. The number of rotatable bonds is 3. The lowest BCUT2D eigenvalue weighted by atomic mass is 10.2. The second-order valence-corrected chi connectivity index (χ2v) is 6.18. The van der Waals surface area contributed by atoms with Crippen molar-refractivity contribution >= 4 is 12.0 Å². The van der Waals surface area contributed by atoms with Crippen LogP contribution in [0.5, 0.6) is 0 Å². The molecule has 2 amide bonds. The smallest absolute Gasteiger partial charge is 0.417 e. The summed E-state index contributed by atoms with van der Waals surface area (Å²) in [4.78, 5) is 25.4. The molecule has 21 heavy (non-hydrogen) atoms. The number of nitrogens with zero attached hydrogens (tertiary/aromatic N) is 1. The monoisotopic (exact) mass is 290 g/mol. The van der Waals surface area contributed by atoms with Crippen molar-refractivity contribution in [1.29, 1.82) is 0 Å². The van der Waals surface area contributed by atoms with Crippen LogP contribution in [0, 0.1) is 0 Å². The first-order valence-electron chi connectivity index (χ1n) is 7.18. The molecule has 0 spiro atoms. The zero-order valence-corrected chi connectivity index (χ0v) is 12.8. The maximum atomic E-state index is 12.2. The van der Waals surface area contributed by atoms with Gasteiger partial charge >= 0.3 is 6.09 Å². The Bertz CT molecular complexity index is 508. The van der Waals surface area contributed by atoms with Gasteiger partial charge in [0, 0.05) is 13.1 Å². The fourth-order valence-electron chi connectivity index (χ4n) is 2.20. The normalized spacial score (nSPS) is 18.9. The van der Waals surface area contributed by atoms with Crippen LogP contribution in [-0.4, -0.2) is 35.1 Å². The van der Waals surface area contributed by atoms with Crippen molar-refractivity contribution in [3.63, 3.8) is 0 Å². The van der Waals surface area contributed by atoms with Crippen molar-refractivity contribution in [2.24, 2.45) is 0 Å². The lowest BCUT2D eigenvalue weighted by Crippen LogP contribution is -2.42. The number of carbonyl (C=O) groups excluding carboxylic acids is 2. The average molecular weight is 290 g/mol.